The maximum Gasteiger partial charge on any atom is 0.324 e. The number of hydrogen-bond donors (Lipinski definition) is 1. The second kappa shape index (κ2) is 7.08. The van der Waals surface area contributed by atoms with Gasteiger partial charge in [-0.2, -0.15) is 9.97 Å². The van der Waals surface area contributed by atoms with Crippen molar-refractivity contribution in [3.8, 4) is 12.0 Å². The van der Waals surface area contributed by atoms with Crippen LogP contribution in [0.2, 0.25) is 0 Å². The zero-order valence-corrected chi connectivity index (χ0v) is 12.2. The summed E-state index contributed by atoms with van der Waals surface area (Å²) in [5.41, 5.74) is -0.235. The summed E-state index contributed by atoms with van der Waals surface area (Å²) in [7, 11) is 3.18. The molecular formula is C12H22N4O3. The van der Waals surface area contributed by atoms with Crippen LogP contribution in [0.3, 0.4) is 0 Å². The Labute approximate surface area is 113 Å². The Hall–Kier alpha value is -1.63. The maximum absolute atomic E-state index is 5.51. The van der Waals surface area contributed by atoms with Gasteiger partial charge in [-0.1, -0.05) is 0 Å². The van der Waals surface area contributed by atoms with Gasteiger partial charge in [-0.15, -0.1) is 4.98 Å². The molecule has 0 aliphatic carbocycles. The maximum atomic E-state index is 5.51. The highest BCUT2D eigenvalue weighted by Gasteiger charge is 2.17. The van der Waals surface area contributed by atoms with Gasteiger partial charge in [-0.25, -0.2) is 0 Å². The Morgan fingerprint density at radius 3 is 2.37 bits per heavy atom. The number of anilines is 1. The van der Waals surface area contributed by atoms with E-state index in [4.69, 9.17) is 14.2 Å². The predicted molar refractivity (Wildman–Crippen MR) is 71.7 cm³/mol. The van der Waals surface area contributed by atoms with E-state index < -0.39 is 0 Å². The molecule has 0 unspecified atom stereocenters. The van der Waals surface area contributed by atoms with E-state index in [-0.39, 0.29) is 17.6 Å². The van der Waals surface area contributed by atoms with Gasteiger partial charge in [0.1, 0.15) is 0 Å². The molecule has 1 N–H and O–H groups in total. The topological polar surface area (TPSA) is 78.4 Å². The Morgan fingerprint density at radius 1 is 1.11 bits per heavy atom. The number of nitrogens with zero attached hydrogens (tertiary/aromatic N) is 3. The normalized spacial score (nSPS) is 11.2. The van der Waals surface area contributed by atoms with Gasteiger partial charge in [-0.05, 0) is 20.8 Å². The van der Waals surface area contributed by atoms with Crippen LogP contribution in [0.1, 0.15) is 27.2 Å². The third kappa shape index (κ3) is 5.25. The lowest BCUT2D eigenvalue weighted by molar-refractivity contribution is 0.00462. The van der Waals surface area contributed by atoms with Crippen LogP contribution in [0.5, 0.6) is 12.0 Å². The highest BCUT2D eigenvalue weighted by molar-refractivity contribution is 5.27. The lowest BCUT2D eigenvalue weighted by Crippen LogP contribution is -2.25. The molecule has 0 atom stereocenters. The molecule has 0 saturated heterocycles. The Balaban J connectivity index is 2.64. The van der Waals surface area contributed by atoms with Crippen LogP contribution in [0.15, 0.2) is 0 Å². The van der Waals surface area contributed by atoms with Crippen molar-refractivity contribution in [3.05, 3.63) is 0 Å². The number of aromatic nitrogens is 3. The summed E-state index contributed by atoms with van der Waals surface area (Å²) < 4.78 is 15.8. The molecule has 1 heterocycles. The molecule has 0 amide bonds. The average molecular weight is 270 g/mol. The summed E-state index contributed by atoms with van der Waals surface area (Å²) in [6.07, 6.45) is 0.730. The molecule has 0 aliphatic heterocycles. The van der Waals surface area contributed by atoms with Crippen LogP contribution in [0.25, 0.3) is 0 Å². The van der Waals surface area contributed by atoms with Gasteiger partial charge >= 0.3 is 12.0 Å². The van der Waals surface area contributed by atoms with Crippen molar-refractivity contribution in [1.82, 2.24) is 15.0 Å². The summed E-state index contributed by atoms with van der Waals surface area (Å²) >= 11 is 0. The summed E-state index contributed by atoms with van der Waals surface area (Å²) in [6.45, 7) is 7.11. The number of nitrogens with one attached hydrogen (secondary N) is 1. The SMILES string of the molecule is CCNc1nc(OC)nc(OCCC(C)(C)OC)n1. The summed E-state index contributed by atoms with van der Waals surface area (Å²) in [5.74, 6) is 0.440. The summed E-state index contributed by atoms with van der Waals surface area (Å²) in [5, 5.41) is 2.99. The van der Waals surface area contributed by atoms with Gasteiger partial charge in [-0.3, -0.25) is 0 Å². The molecule has 108 valence electrons. The fourth-order valence-corrected chi connectivity index (χ4v) is 1.22. The average Bonchev–Trinajstić information content (AvgIpc) is 2.38. The van der Waals surface area contributed by atoms with E-state index in [0.717, 1.165) is 6.42 Å². The van der Waals surface area contributed by atoms with Crippen molar-refractivity contribution in [2.45, 2.75) is 32.8 Å². The molecule has 0 aliphatic rings. The van der Waals surface area contributed by atoms with Crippen molar-refractivity contribution >= 4 is 5.95 Å². The van der Waals surface area contributed by atoms with Crippen molar-refractivity contribution in [2.24, 2.45) is 0 Å². The fourth-order valence-electron chi connectivity index (χ4n) is 1.22. The fraction of sp³-hybridized carbons (Fsp3) is 0.750. The number of hydrogen-bond acceptors (Lipinski definition) is 7. The quantitative estimate of drug-likeness (QED) is 0.767. The highest BCUT2D eigenvalue weighted by atomic mass is 16.5. The van der Waals surface area contributed by atoms with E-state index in [1.54, 1.807) is 7.11 Å². The Bertz CT molecular complexity index is 399. The van der Waals surface area contributed by atoms with Gasteiger partial charge in [0, 0.05) is 20.1 Å². The van der Waals surface area contributed by atoms with Crippen LogP contribution < -0.4 is 14.8 Å². The molecule has 0 radical (unpaired) electrons. The first-order valence-electron chi connectivity index (χ1n) is 6.22. The lowest BCUT2D eigenvalue weighted by Gasteiger charge is -2.22. The Morgan fingerprint density at radius 2 is 1.79 bits per heavy atom. The van der Waals surface area contributed by atoms with Gasteiger partial charge in [0.05, 0.1) is 19.3 Å². The zero-order valence-electron chi connectivity index (χ0n) is 12.2. The Kier molecular flexibility index (Phi) is 5.75. The number of methoxy groups -OCH3 is 2. The molecular weight excluding hydrogens is 248 g/mol. The first-order chi connectivity index (χ1) is 9.00. The molecule has 0 spiro atoms. The van der Waals surface area contributed by atoms with Crippen LogP contribution >= 0.6 is 0 Å². The molecule has 7 heteroatoms. The van der Waals surface area contributed by atoms with Crippen molar-refractivity contribution in [3.63, 3.8) is 0 Å². The molecule has 0 saturated carbocycles. The molecule has 19 heavy (non-hydrogen) atoms. The van der Waals surface area contributed by atoms with Crippen molar-refractivity contribution < 1.29 is 14.2 Å². The molecule has 7 nitrogen and oxygen atoms in total. The smallest absolute Gasteiger partial charge is 0.324 e. The number of rotatable bonds is 8. The first kappa shape index (κ1) is 15.4. The molecule has 0 aromatic carbocycles. The molecule has 0 fully saturated rings. The minimum Gasteiger partial charge on any atom is -0.467 e. The largest absolute Gasteiger partial charge is 0.467 e. The van der Waals surface area contributed by atoms with E-state index in [0.29, 0.717) is 19.1 Å². The van der Waals surface area contributed by atoms with Crippen LogP contribution in [0.4, 0.5) is 5.95 Å². The van der Waals surface area contributed by atoms with E-state index in [2.05, 4.69) is 20.3 Å². The molecule has 0 bridgehead atoms. The summed E-state index contributed by atoms with van der Waals surface area (Å²) in [6, 6.07) is 0.474. The first-order valence-corrected chi connectivity index (χ1v) is 6.22. The highest BCUT2D eigenvalue weighted by Crippen LogP contribution is 2.16. The summed E-state index contributed by atoms with van der Waals surface area (Å²) in [4.78, 5) is 12.2. The van der Waals surface area contributed by atoms with Crippen molar-refractivity contribution in [2.75, 3.05) is 32.7 Å². The zero-order chi connectivity index (χ0) is 14.3. The van der Waals surface area contributed by atoms with Crippen LogP contribution in [-0.4, -0.2) is 47.9 Å². The van der Waals surface area contributed by atoms with Gasteiger partial charge in [0.2, 0.25) is 5.95 Å². The minimum atomic E-state index is -0.235. The predicted octanol–water partition coefficient (Wildman–Crippen LogP) is 1.51. The van der Waals surface area contributed by atoms with E-state index in [9.17, 15) is 0 Å². The minimum absolute atomic E-state index is 0.229. The van der Waals surface area contributed by atoms with E-state index >= 15 is 0 Å². The third-order valence-corrected chi connectivity index (χ3v) is 2.60. The monoisotopic (exact) mass is 270 g/mol. The van der Waals surface area contributed by atoms with Gasteiger partial charge in [0.15, 0.2) is 0 Å². The lowest BCUT2D eigenvalue weighted by atomic mass is 10.1. The van der Waals surface area contributed by atoms with Crippen molar-refractivity contribution in [1.29, 1.82) is 0 Å². The van der Waals surface area contributed by atoms with Gasteiger partial charge in [0.25, 0.3) is 0 Å². The van der Waals surface area contributed by atoms with E-state index in [1.165, 1.54) is 7.11 Å². The third-order valence-electron chi connectivity index (χ3n) is 2.60. The molecule has 1 rings (SSSR count). The molecule has 1 aromatic rings. The van der Waals surface area contributed by atoms with Crippen LogP contribution in [-0.2, 0) is 4.74 Å². The van der Waals surface area contributed by atoms with E-state index in [1.807, 2.05) is 20.8 Å². The van der Waals surface area contributed by atoms with Gasteiger partial charge < -0.3 is 19.5 Å². The molecule has 1 aromatic heterocycles. The second-order valence-corrected chi connectivity index (χ2v) is 4.52. The standard InChI is InChI=1S/C12H22N4O3/c1-6-13-9-14-10(17-4)16-11(15-9)19-8-7-12(2,3)18-5/h6-8H2,1-5H3,(H,13,14,15,16). The number of ether oxygens (including phenoxy) is 3. The van der Waals surface area contributed by atoms with Crippen LogP contribution in [0, 0.1) is 0 Å². The second-order valence-electron chi connectivity index (χ2n) is 4.52.